The van der Waals surface area contributed by atoms with E-state index in [9.17, 15) is 9.90 Å². The molecule has 0 radical (unpaired) electrons. The van der Waals surface area contributed by atoms with Crippen molar-refractivity contribution in [2.45, 2.75) is 71.0 Å². The van der Waals surface area contributed by atoms with Crippen LogP contribution in [0.3, 0.4) is 0 Å². The lowest BCUT2D eigenvalue weighted by Gasteiger charge is -2.21. The normalized spacial score (nSPS) is 13.5. The monoisotopic (exact) mass is 516 g/mol. The van der Waals surface area contributed by atoms with Crippen LogP contribution in [0.15, 0.2) is 57.2 Å². The third-order valence-corrected chi connectivity index (χ3v) is 10.5. The first-order valence-corrected chi connectivity index (χ1v) is 14.8. The second-order valence-electron chi connectivity index (χ2n) is 7.98. The van der Waals surface area contributed by atoms with Gasteiger partial charge < -0.3 is 5.11 Å². The van der Waals surface area contributed by atoms with E-state index in [1.54, 1.807) is 34.4 Å². The van der Waals surface area contributed by atoms with E-state index in [1.807, 2.05) is 42.5 Å². The molecular formula is C25H28N2O2S4. The molecule has 174 valence electrons. The van der Waals surface area contributed by atoms with Crippen molar-refractivity contribution in [3.05, 3.63) is 48.5 Å². The Morgan fingerprint density at radius 2 is 1.39 bits per heavy atom. The van der Waals surface area contributed by atoms with E-state index < -0.39 is 11.2 Å². The molecule has 4 nitrogen and oxygen atoms in total. The van der Waals surface area contributed by atoms with Gasteiger partial charge in [0.05, 0.1) is 20.4 Å². The molecule has 2 heterocycles. The molecule has 2 unspecified atom stereocenters. The largest absolute Gasteiger partial charge is 0.480 e. The zero-order valence-electron chi connectivity index (χ0n) is 18.6. The van der Waals surface area contributed by atoms with E-state index in [1.165, 1.54) is 37.4 Å². The Morgan fingerprint density at radius 1 is 0.848 bits per heavy atom. The first kappa shape index (κ1) is 24.5. The van der Waals surface area contributed by atoms with E-state index in [0.717, 1.165) is 48.4 Å². The smallest absolute Gasteiger partial charge is 0.318 e. The van der Waals surface area contributed by atoms with Gasteiger partial charge in [0.2, 0.25) is 0 Å². The number of nitrogens with zero attached hydrogens (tertiary/aromatic N) is 2. The van der Waals surface area contributed by atoms with Crippen LogP contribution in [-0.4, -0.2) is 31.5 Å². The van der Waals surface area contributed by atoms with Gasteiger partial charge in [0.1, 0.15) is 5.25 Å². The fourth-order valence-corrected chi connectivity index (χ4v) is 8.75. The van der Waals surface area contributed by atoms with Gasteiger partial charge in [0, 0.05) is 5.25 Å². The lowest BCUT2D eigenvalue weighted by molar-refractivity contribution is -0.136. The number of para-hydroxylation sites is 2. The molecule has 2 aromatic carbocycles. The second kappa shape index (κ2) is 12.2. The molecule has 2 atom stereocenters. The molecule has 0 aliphatic carbocycles. The predicted molar refractivity (Wildman–Crippen MR) is 144 cm³/mol. The van der Waals surface area contributed by atoms with Gasteiger partial charge in [-0.15, -0.1) is 22.7 Å². The molecular weight excluding hydrogens is 489 g/mol. The Kier molecular flexibility index (Phi) is 9.06. The van der Waals surface area contributed by atoms with Crippen molar-refractivity contribution in [2.24, 2.45) is 0 Å². The average Bonchev–Trinajstić information content (AvgIpc) is 3.41. The van der Waals surface area contributed by atoms with Crippen molar-refractivity contribution in [3.63, 3.8) is 0 Å². The third-order valence-electron chi connectivity index (χ3n) is 5.45. The lowest BCUT2D eigenvalue weighted by Crippen LogP contribution is -2.29. The van der Waals surface area contributed by atoms with E-state index in [4.69, 9.17) is 4.98 Å². The topological polar surface area (TPSA) is 63.1 Å². The number of carboxylic acid groups (broad SMARTS) is 1. The number of hydrogen-bond acceptors (Lipinski definition) is 7. The van der Waals surface area contributed by atoms with E-state index in [-0.39, 0.29) is 5.25 Å². The van der Waals surface area contributed by atoms with Crippen LogP contribution in [0.2, 0.25) is 0 Å². The van der Waals surface area contributed by atoms with Gasteiger partial charge >= 0.3 is 5.97 Å². The Labute approximate surface area is 211 Å². The highest BCUT2D eigenvalue weighted by Gasteiger charge is 2.32. The fourth-order valence-electron chi connectivity index (χ4n) is 3.72. The molecule has 0 saturated carbocycles. The number of carbonyl (C=O) groups is 1. The van der Waals surface area contributed by atoms with Crippen molar-refractivity contribution in [1.29, 1.82) is 0 Å². The maximum Gasteiger partial charge on any atom is 0.318 e. The van der Waals surface area contributed by atoms with Crippen molar-refractivity contribution in [3.8, 4) is 0 Å². The second-order valence-corrected chi connectivity index (χ2v) is 12.9. The van der Waals surface area contributed by atoms with Crippen molar-refractivity contribution in [2.75, 3.05) is 0 Å². The zero-order chi connectivity index (χ0) is 23.0. The number of unbranched alkanes of at least 4 members (excludes halogenated alkanes) is 5. The number of benzene rings is 2. The molecule has 4 aromatic rings. The molecule has 0 spiro atoms. The highest BCUT2D eigenvalue weighted by Crippen LogP contribution is 2.41. The van der Waals surface area contributed by atoms with Crippen LogP contribution < -0.4 is 0 Å². The van der Waals surface area contributed by atoms with Crippen LogP contribution in [0, 0.1) is 0 Å². The third kappa shape index (κ3) is 6.72. The minimum atomic E-state index is -0.774. The summed E-state index contributed by atoms with van der Waals surface area (Å²) < 4.78 is 4.00. The summed E-state index contributed by atoms with van der Waals surface area (Å²) in [5.41, 5.74) is 1.91. The Balaban J connectivity index is 1.51. The Morgan fingerprint density at radius 3 is 1.97 bits per heavy atom. The molecule has 33 heavy (non-hydrogen) atoms. The molecule has 0 saturated heterocycles. The first-order chi connectivity index (χ1) is 16.1. The quantitative estimate of drug-likeness (QED) is 0.142. The minimum absolute atomic E-state index is 0.0637. The molecule has 0 amide bonds. The molecule has 4 rings (SSSR count). The molecule has 2 aromatic heterocycles. The highest BCUT2D eigenvalue weighted by atomic mass is 32.2. The van der Waals surface area contributed by atoms with Gasteiger partial charge in [-0.1, -0.05) is 93.2 Å². The number of aliphatic carboxylic acids is 1. The van der Waals surface area contributed by atoms with Crippen molar-refractivity contribution >= 4 is 72.6 Å². The summed E-state index contributed by atoms with van der Waals surface area (Å²) in [7, 11) is 0. The van der Waals surface area contributed by atoms with Gasteiger partial charge in [-0.2, -0.15) is 0 Å². The lowest BCUT2D eigenvalue weighted by atomic mass is 10.1. The van der Waals surface area contributed by atoms with Crippen LogP contribution in [0.4, 0.5) is 0 Å². The van der Waals surface area contributed by atoms with Crippen LogP contribution in [0.5, 0.6) is 0 Å². The number of fused-ring (bicyclic) bond motifs is 2. The summed E-state index contributed by atoms with van der Waals surface area (Å²) in [6, 6.07) is 16.1. The van der Waals surface area contributed by atoms with E-state index in [0.29, 0.717) is 0 Å². The van der Waals surface area contributed by atoms with Gasteiger partial charge in [-0.05, 0) is 30.7 Å². The Bertz CT molecular complexity index is 1120. The fraction of sp³-hybridized carbons (Fsp3) is 0.400. The predicted octanol–water partition coefficient (Wildman–Crippen LogP) is 8.36. The average molecular weight is 517 g/mol. The molecule has 0 aliphatic rings. The molecule has 0 bridgehead atoms. The van der Waals surface area contributed by atoms with Crippen LogP contribution in [-0.2, 0) is 4.79 Å². The van der Waals surface area contributed by atoms with Gasteiger partial charge in [-0.3, -0.25) is 4.79 Å². The van der Waals surface area contributed by atoms with E-state index in [2.05, 4.69) is 18.0 Å². The van der Waals surface area contributed by atoms with Gasteiger partial charge in [-0.25, -0.2) is 9.97 Å². The highest BCUT2D eigenvalue weighted by molar-refractivity contribution is 8.06. The zero-order valence-corrected chi connectivity index (χ0v) is 21.9. The summed E-state index contributed by atoms with van der Waals surface area (Å²) >= 11 is 6.25. The summed E-state index contributed by atoms with van der Waals surface area (Å²) in [6.45, 7) is 2.22. The number of rotatable bonds is 13. The van der Waals surface area contributed by atoms with Crippen molar-refractivity contribution in [1.82, 2.24) is 9.97 Å². The maximum absolute atomic E-state index is 12.4. The number of aromatic nitrogens is 2. The maximum atomic E-state index is 12.4. The number of thioether (sulfide) groups is 2. The van der Waals surface area contributed by atoms with E-state index >= 15 is 0 Å². The molecule has 1 N–H and O–H groups in total. The standard InChI is InChI=1S/C25H28N2O2S4/c1-2-3-4-5-6-7-16-21(32-24-26-17-12-8-10-14-19(17)30-24)22(23(28)29)33-25-27-18-13-9-11-15-20(18)31-25/h8-15,21-22H,2-7,16H2,1H3,(H,28,29). The number of hydrogen-bond donors (Lipinski definition) is 1. The number of carboxylic acids is 1. The van der Waals surface area contributed by atoms with Crippen LogP contribution >= 0.6 is 46.2 Å². The van der Waals surface area contributed by atoms with Gasteiger partial charge in [0.25, 0.3) is 0 Å². The molecule has 0 fully saturated rings. The summed E-state index contributed by atoms with van der Waals surface area (Å²) in [4.78, 5) is 21.9. The van der Waals surface area contributed by atoms with Gasteiger partial charge in [0.15, 0.2) is 8.68 Å². The SMILES string of the molecule is CCCCCCCCC(Sc1nc2ccccc2s1)C(Sc1nc2ccccc2s1)C(=O)O. The number of thiazole rings is 2. The minimum Gasteiger partial charge on any atom is -0.480 e. The summed E-state index contributed by atoms with van der Waals surface area (Å²) in [5.74, 6) is -0.774. The van der Waals surface area contributed by atoms with Crippen LogP contribution in [0.25, 0.3) is 20.4 Å². The molecule has 8 heteroatoms. The first-order valence-electron chi connectivity index (χ1n) is 11.4. The van der Waals surface area contributed by atoms with Crippen molar-refractivity contribution < 1.29 is 9.90 Å². The summed E-state index contributed by atoms with van der Waals surface area (Å²) in [5, 5.41) is 9.56. The van der Waals surface area contributed by atoms with Crippen LogP contribution in [0.1, 0.15) is 51.9 Å². The Hall–Kier alpha value is -1.61. The molecule has 0 aliphatic heterocycles. The summed E-state index contributed by atoms with van der Waals surface area (Å²) in [6.07, 6.45) is 8.03.